The largest absolute Gasteiger partial charge is 0.444 e. The van der Waals surface area contributed by atoms with Crippen LogP contribution in [0.4, 0.5) is 21.0 Å². The van der Waals surface area contributed by atoms with Crippen molar-refractivity contribution in [3.63, 3.8) is 0 Å². The third-order valence-corrected chi connectivity index (χ3v) is 9.56. The molecule has 4 aromatic carbocycles. The molecule has 4 amide bonds. The van der Waals surface area contributed by atoms with E-state index in [0.29, 0.717) is 16.8 Å². The van der Waals surface area contributed by atoms with E-state index in [2.05, 4.69) is 27.5 Å². The molecule has 0 spiro atoms. The van der Waals surface area contributed by atoms with Crippen molar-refractivity contribution in [2.75, 3.05) is 16.8 Å². The summed E-state index contributed by atoms with van der Waals surface area (Å²) in [7, 11) is 0. The Morgan fingerprint density at radius 1 is 0.879 bits per heavy atom. The maximum Gasteiger partial charge on any atom is 0.415 e. The number of ether oxygens (including phenoxy) is 2. The summed E-state index contributed by atoms with van der Waals surface area (Å²) in [4.78, 5) is 73.2. The molecule has 0 fully saturated rings. The molecule has 14 nitrogen and oxygen atoms in total. The highest BCUT2D eigenvalue weighted by molar-refractivity contribution is 6.04. The number of carbonyl (C=O) groups is 4. The minimum Gasteiger partial charge on any atom is -0.444 e. The highest BCUT2D eigenvalue weighted by Crippen LogP contribution is 2.42. The number of hydrogen-bond acceptors (Lipinski definition) is 9. The predicted molar refractivity (Wildman–Crippen MR) is 218 cm³/mol. The first-order valence-corrected chi connectivity index (χ1v) is 18.5. The van der Waals surface area contributed by atoms with Crippen molar-refractivity contribution < 1.29 is 28.7 Å². The van der Waals surface area contributed by atoms with E-state index in [-0.39, 0.29) is 62.4 Å². The Kier molecular flexibility index (Phi) is 12.9. The van der Waals surface area contributed by atoms with Crippen LogP contribution in [0.3, 0.4) is 0 Å². The molecule has 2 heterocycles. The van der Waals surface area contributed by atoms with Gasteiger partial charge in [-0.1, -0.05) is 116 Å². The van der Waals surface area contributed by atoms with Gasteiger partial charge in [0.1, 0.15) is 36.6 Å². The molecule has 296 valence electrons. The Morgan fingerprint density at radius 2 is 1.48 bits per heavy atom. The van der Waals surface area contributed by atoms with Crippen LogP contribution >= 0.6 is 0 Å². The zero-order chi connectivity index (χ0) is 41.1. The molecular formula is C44H43N7O7. The number of benzene rings is 4. The number of anilines is 2. The first kappa shape index (κ1) is 40.3. The third-order valence-electron chi connectivity index (χ3n) is 9.56. The average Bonchev–Trinajstić information content (AvgIpc) is 3.54. The molecule has 0 saturated heterocycles. The van der Waals surface area contributed by atoms with Crippen LogP contribution in [-0.4, -0.2) is 45.9 Å². The van der Waals surface area contributed by atoms with E-state index in [1.54, 1.807) is 67.6 Å². The summed E-state index contributed by atoms with van der Waals surface area (Å²) in [5.74, 6) is -0.777. The fourth-order valence-electron chi connectivity index (χ4n) is 6.66. The number of aromatic nitrogens is 2. The van der Waals surface area contributed by atoms with Gasteiger partial charge in [-0.15, -0.1) is 6.58 Å². The molecular weight excluding hydrogens is 739 g/mol. The second-order valence-electron chi connectivity index (χ2n) is 13.9. The summed E-state index contributed by atoms with van der Waals surface area (Å²) in [5, 5.41) is 16.5. The molecule has 6 rings (SSSR count). The number of hydrogen-bond donors (Lipinski definition) is 4. The van der Waals surface area contributed by atoms with Gasteiger partial charge in [0.2, 0.25) is 11.8 Å². The van der Waals surface area contributed by atoms with Crippen LogP contribution in [0.1, 0.15) is 53.9 Å². The van der Waals surface area contributed by atoms with Gasteiger partial charge < -0.3 is 20.1 Å². The number of amidine groups is 1. The van der Waals surface area contributed by atoms with Crippen LogP contribution in [0.15, 0.2) is 139 Å². The second kappa shape index (κ2) is 18.5. The lowest BCUT2D eigenvalue weighted by molar-refractivity contribution is -0.125. The summed E-state index contributed by atoms with van der Waals surface area (Å²) >= 11 is 0. The molecule has 14 heteroatoms. The van der Waals surface area contributed by atoms with Gasteiger partial charge in [-0.25, -0.2) is 14.6 Å². The van der Waals surface area contributed by atoms with E-state index in [9.17, 15) is 24.0 Å². The SMILES string of the molecule is C=CCN(C(=O)OCc1ccccc1)c1cnc2n(c1=O)C(C(=O)NCc1ccc(C(=N)NC(=O)OCc3ccccc3)cc1)CC2(C)CC(=O)Nc1ccccc1. The van der Waals surface area contributed by atoms with Crippen molar-refractivity contribution in [3.05, 3.63) is 173 Å². The van der Waals surface area contributed by atoms with Crippen molar-refractivity contribution in [1.29, 1.82) is 5.41 Å². The maximum atomic E-state index is 14.4. The first-order chi connectivity index (χ1) is 28.0. The standard InChI is InChI=1S/C44H43N7O7/c1-3-23-50(43(56)58-29-32-15-9-5-10-16-32)36-27-47-41-44(2,25-37(52)48-34-17-11-6-12-18-34)24-35(51(41)40(36)54)39(53)46-26-30-19-21-33(22-20-30)38(45)49-42(55)57-28-31-13-7-4-8-14-31/h3-22,27,35H,1,23-26,28-29H2,2H3,(H,46,53)(H,48,52)(H2,45,49,55). The molecule has 2 unspecified atom stereocenters. The zero-order valence-electron chi connectivity index (χ0n) is 31.9. The Balaban J connectivity index is 1.18. The number of fused-ring (bicyclic) bond motifs is 1. The van der Waals surface area contributed by atoms with E-state index < -0.39 is 35.1 Å². The third kappa shape index (κ3) is 9.90. The minimum absolute atomic E-state index is 0.0351. The molecule has 2 atom stereocenters. The molecule has 1 aliphatic rings. The van der Waals surface area contributed by atoms with E-state index in [4.69, 9.17) is 14.9 Å². The summed E-state index contributed by atoms with van der Waals surface area (Å²) in [5.41, 5.74) is 1.43. The molecule has 0 radical (unpaired) electrons. The molecule has 0 aliphatic carbocycles. The number of para-hydroxylation sites is 1. The molecule has 58 heavy (non-hydrogen) atoms. The van der Waals surface area contributed by atoms with Crippen LogP contribution in [-0.2, 0) is 44.2 Å². The van der Waals surface area contributed by atoms with Crippen LogP contribution in [0.5, 0.6) is 0 Å². The quantitative estimate of drug-likeness (QED) is 0.0569. The Labute approximate surface area is 335 Å². The number of rotatable bonds is 14. The van der Waals surface area contributed by atoms with Gasteiger partial charge in [0.05, 0.1) is 6.20 Å². The van der Waals surface area contributed by atoms with E-state index in [1.165, 1.54) is 16.8 Å². The van der Waals surface area contributed by atoms with Gasteiger partial charge in [-0.3, -0.25) is 34.6 Å². The fraction of sp³-hybridized carbons (Fsp3) is 0.205. The summed E-state index contributed by atoms with van der Waals surface area (Å²) in [6, 6.07) is 32.7. The van der Waals surface area contributed by atoms with Crippen LogP contribution in [0.25, 0.3) is 0 Å². The molecule has 1 aromatic heterocycles. The smallest absolute Gasteiger partial charge is 0.415 e. The van der Waals surface area contributed by atoms with Crippen molar-refractivity contribution in [2.45, 2.75) is 51.0 Å². The van der Waals surface area contributed by atoms with Crippen LogP contribution in [0.2, 0.25) is 0 Å². The van der Waals surface area contributed by atoms with Crippen molar-refractivity contribution >= 4 is 41.2 Å². The van der Waals surface area contributed by atoms with Gasteiger partial charge in [-0.05, 0) is 35.2 Å². The topological polar surface area (TPSA) is 185 Å². The van der Waals surface area contributed by atoms with Crippen molar-refractivity contribution in [3.8, 4) is 0 Å². The van der Waals surface area contributed by atoms with E-state index in [0.717, 1.165) is 16.0 Å². The van der Waals surface area contributed by atoms with E-state index >= 15 is 0 Å². The summed E-state index contributed by atoms with van der Waals surface area (Å²) < 4.78 is 12.0. The van der Waals surface area contributed by atoms with Crippen LogP contribution < -0.4 is 26.4 Å². The van der Waals surface area contributed by atoms with E-state index in [1.807, 2.05) is 54.6 Å². The van der Waals surface area contributed by atoms with Crippen LogP contribution in [0, 0.1) is 5.41 Å². The number of nitrogens with one attached hydrogen (secondary N) is 4. The molecule has 0 bridgehead atoms. The normalized spacial score (nSPS) is 15.3. The lowest BCUT2D eigenvalue weighted by Gasteiger charge is -2.24. The van der Waals surface area contributed by atoms with Gasteiger partial charge in [0, 0.05) is 36.2 Å². The second-order valence-corrected chi connectivity index (χ2v) is 13.9. The molecule has 0 saturated carbocycles. The minimum atomic E-state index is -1.09. The lowest BCUT2D eigenvalue weighted by Crippen LogP contribution is -2.41. The highest BCUT2D eigenvalue weighted by Gasteiger charge is 2.47. The van der Waals surface area contributed by atoms with Crippen molar-refractivity contribution in [2.24, 2.45) is 0 Å². The lowest BCUT2D eigenvalue weighted by atomic mass is 9.82. The monoisotopic (exact) mass is 781 g/mol. The predicted octanol–water partition coefficient (Wildman–Crippen LogP) is 6.37. The highest BCUT2D eigenvalue weighted by atomic mass is 16.6. The average molecular weight is 782 g/mol. The molecule has 4 N–H and O–H groups in total. The molecule has 1 aliphatic heterocycles. The first-order valence-electron chi connectivity index (χ1n) is 18.5. The number of amides is 4. The Morgan fingerprint density at radius 3 is 2.10 bits per heavy atom. The van der Waals surface area contributed by atoms with Gasteiger partial charge in [-0.2, -0.15) is 0 Å². The van der Waals surface area contributed by atoms with Crippen molar-refractivity contribution in [1.82, 2.24) is 20.2 Å². The fourth-order valence-corrected chi connectivity index (χ4v) is 6.66. The molecule has 5 aromatic rings. The maximum absolute atomic E-state index is 14.4. The van der Waals surface area contributed by atoms with Gasteiger partial charge in [0.15, 0.2) is 0 Å². The number of alkyl carbamates (subject to hydrolysis) is 1. The summed E-state index contributed by atoms with van der Waals surface area (Å²) in [6.45, 7) is 5.52. The number of nitrogens with zero attached hydrogens (tertiary/aromatic N) is 3. The Hall–Kier alpha value is -7.35. The van der Waals surface area contributed by atoms with Gasteiger partial charge in [0.25, 0.3) is 5.56 Å². The summed E-state index contributed by atoms with van der Waals surface area (Å²) in [6.07, 6.45) is 1.12. The number of carbonyl (C=O) groups excluding carboxylic acids is 4. The van der Waals surface area contributed by atoms with Gasteiger partial charge >= 0.3 is 12.2 Å². The Bertz CT molecular complexity index is 2340. The zero-order valence-corrected chi connectivity index (χ0v) is 31.9.